The second-order valence-corrected chi connectivity index (χ2v) is 7.74. The van der Waals surface area contributed by atoms with Gasteiger partial charge in [-0.15, -0.1) is 0 Å². The third kappa shape index (κ3) is 4.25. The van der Waals surface area contributed by atoms with Crippen LogP contribution in [-0.4, -0.2) is 53.9 Å². The van der Waals surface area contributed by atoms with Gasteiger partial charge in [-0.05, 0) is 54.9 Å². The van der Waals surface area contributed by atoms with E-state index in [2.05, 4.69) is 16.0 Å². The number of benzene rings is 1. The van der Waals surface area contributed by atoms with E-state index in [1.807, 2.05) is 42.7 Å². The van der Waals surface area contributed by atoms with E-state index in [1.165, 1.54) is 5.56 Å². The van der Waals surface area contributed by atoms with Crippen LogP contribution in [0.15, 0.2) is 48.8 Å². The van der Waals surface area contributed by atoms with Gasteiger partial charge in [-0.1, -0.05) is 18.2 Å². The van der Waals surface area contributed by atoms with Crippen LogP contribution in [0.4, 0.5) is 0 Å². The third-order valence-corrected chi connectivity index (χ3v) is 5.95. The van der Waals surface area contributed by atoms with Crippen molar-refractivity contribution in [3.8, 4) is 11.5 Å². The Balaban J connectivity index is 1.34. The van der Waals surface area contributed by atoms with Crippen LogP contribution in [0.1, 0.15) is 18.4 Å². The monoisotopic (exact) mass is 368 g/mol. The van der Waals surface area contributed by atoms with Crippen LogP contribution >= 0.6 is 0 Å². The number of pyridine rings is 1. The molecule has 0 radical (unpaired) electrons. The fourth-order valence-electron chi connectivity index (χ4n) is 4.51. The van der Waals surface area contributed by atoms with Crippen LogP contribution in [0.5, 0.6) is 11.5 Å². The number of nitrogens with zero attached hydrogens (tertiary/aromatic N) is 2. The van der Waals surface area contributed by atoms with Crippen LogP contribution in [0.2, 0.25) is 0 Å². The number of hydrogen-bond acceptors (Lipinski definition) is 5. The summed E-state index contributed by atoms with van der Waals surface area (Å²) < 4.78 is 11.5. The summed E-state index contributed by atoms with van der Waals surface area (Å²) in [5.41, 5.74) is 1.28. The number of rotatable bonds is 6. The summed E-state index contributed by atoms with van der Waals surface area (Å²) in [6, 6.07) is 11.8. The van der Waals surface area contributed by atoms with E-state index in [9.17, 15) is 5.11 Å². The van der Waals surface area contributed by atoms with Crippen molar-refractivity contribution in [2.24, 2.45) is 11.8 Å². The predicted molar refractivity (Wildman–Crippen MR) is 104 cm³/mol. The molecule has 5 nitrogen and oxygen atoms in total. The number of aromatic nitrogens is 1. The molecule has 1 aliphatic heterocycles. The highest BCUT2D eigenvalue weighted by molar-refractivity contribution is 5.39. The van der Waals surface area contributed by atoms with Gasteiger partial charge in [-0.2, -0.15) is 0 Å². The highest BCUT2D eigenvalue weighted by atomic mass is 16.5. The summed E-state index contributed by atoms with van der Waals surface area (Å²) in [6.45, 7) is 3.21. The minimum Gasteiger partial charge on any atom is -0.493 e. The minimum absolute atomic E-state index is 0.166. The molecule has 0 spiro atoms. The molecular formula is C22H28N2O3. The first-order chi connectivity index (χ1) is 13.2. The molecule has 4 rings (SSSR count). The number of hydrogen-bond donors (Lipinski definition) is 1. The molecule has 27 heavy (non-hydrogen) atoms. The Morgan fingerprint density at radius 1 is 1.07 bits per heavy atom. The standard InChI is InChI=1S/C22H28N2O3/c1-26-20-6-2-3-7-21(20)27-22-12-18-15-24(14-17(18)11-19(22)25)10-8-16-5-4-9-23-13-16/h2-7,9,13,17-19,22,25H,8,10-12,14-15H2,1H3/t17-,18+,19+,22+/m0/s1. The number of fused-ring (bicyclic) bond motifs is 1. The number of methoxy groups -OCH3 is 1. The summed E-state index contributed by atoms with van der Waals surface area (Å²) in [5.74, 6) is 2.58. The lowest BCUT2D eigenvalue weighted by molar-refractivity contribution is -0.0240. The summed E-state index contributed by atoms with van der Waals surface area (Å²) in [4.78, 5) is 6.73. The number of aliphatic hydroxyl groups is 1. The molecule has 0 bridgehead atoms. The Bertz CT molecular complexity index is 739. The van der Waals surface area contributed by atoms with Gasteiger partial charge in [0, 0.05) is 32.0 Å². The number of aliphatic hydroxyl groups excluding tert-OH is 1. The van der Waals surface area contributed by atoms with Crippen molar-refractivity contribution >= 4 is 0 Å². The lowest BCUT2D eigenvalue weighted by Gasteiger charge is -2.35. The molecule has 1 aromatic carbocycles. The Morgan fingerprint density at radius 2 is 1.85 bits per heavy atom. The molecule has 2 heterocycles. The molecule has 1 aliphatic carbocycles. The second kappa shape index (κ2) is 8.28. The van der Waals surface area contributed by atoms with Gasteiger partial charge >= 0.3 is 0 Å². The predicted octanol–water partition coefficient (Wildman–Crippen LogP) is 2.78. The largest absolute Gasteiger partial charge is 0.493 e. The minimum atomic E-state index is -0.422. The highest BCUT2D eigenvalue weighted by Crippen LogP contribution is 2.39. The zero-order valence-corrected chi connectivity index (χ0v) is 15.8. The summed E-state index contributed by atoms with van der Waals surface area (Å²) in [5, 5.41) is 10.6. The topological polar surface area (TPSA) is 54.8 Å². The van der Waals surface area contributed by atoms with Crippen molar-refractivity contribution in [3.05, 3.63) is 54.4 Å². The van der Waals surface area contributed by atoms with Crippen molar-refractivity contribution in [1.29, 1.82) is 0 Å². The quantitative estimate of drug-likeness (QED) is 0.850. The number of likely N-dealkylation sites (tertiary alicyclic amines) is 1. The zero-order chi connectivity index (χ0) is 18.6. The smallest absolute Gasteiger partial charge is 0.161 e. The summed E-state index contributed by atoms with van der Waals surface area (Å²) in [7, 11) is 1.65. The first-order valence-corrected chi connectivity index (χ1v) is 9.82. The Kier molecular flexibility index (Phi) is 5.60. The molecule has 4 atom stereocenters. The van der Waals surface area contributed by atoms with Gasteiger partial charge < -0.3 is 19.5 Å². The van der Waals surface area contributed by atoms with E-state index in [1.54, 1.807) is 7.11 Å². The van der Waals surface area contributed by atoms with Crippen molar-refractivity contribution in [1.82, 2.24) is 9.88 Å². The fraction of sp³-hybridized carbons (Fsp3) is 0.500. The molecule has 1 saturated heterocycles. The van der Waals surface area contributed by atoms with Gasteiger partial charge in [0.15, 0.2) is 11.5 Å². The van der Waals surface area contributed by atoms with E-state index in [0.29, 0.717) is 17.6 Å². The van der Waals surface area contributed by atoms with Crippen molar-refractivity contribution in [3.63, 3.8) is 0 Å². The molecular weight excluding hydrogens is 340 g/mol. The molecule has 2 aromatic rings. The van der Waals surface area contributed by atoms with Gasteiger partial charge in [0.05, 0.1) is 13.2 Å². The van der Waals surface area contributed by atoms with Crippen LogP contribution < -0.4 is 9.47 Å². The summed E-state index contributed by atoms with van der Waals surface area (Å²) >= 11 is 0. The molecule has 1 aromatic heterocycles. The van der Waals surface area contributed by atoms with Crippen LogP contribution in [0.25, 0.3) is 0 Å². The van der Waals surface area contributed by atoms with Gasteiger partial charge in [0.1, 0.15) is 6.10 Å². The van der Waals surface area contributed by atoms with Crippen molar-refractivity contribution < 1.29 is 14.6 Å². The lowest BCUT2D eigenvalue weighted by atomic mass is 9.78. The number of para-hydroxylation sites is 2. The van der Waals surface area contributed by atoms with E-state index >= 15 is 0 Å². The fourth-order valence-corrected chi connectivity index (χ4v) is 4.51. The average molecular weight is 368 g/mol. The molecule has 5 heteroatoms. The Labute approximate surface area is 160 Å². The first kappa shape index (κ1) is 18.3. The highest BCUT2D eigenvalue weighted by Gasteiger charge is 2.42. The van der Waals surface area contributed by atoms with Crippen LogP contribution in [0, 0.1) is 11.8 Å². The van der Waals surface area contributed by atoms with Crippen LogP contribution in [0.3, 0.4) is 0 Å². The maximum atomic E-state index is 10.6. The maximum absolute atomic E-state index is 10.6. The molecule has 2 aliphatic rings. The molecule has 1 N–H and O–H groups in total. The second-order valence-electron chi connectivity index (χ2n) is 7.74. The Morgan fingerprint density at radius 3 is 2.59 bits per heavy atom. The maximum Gasteiger partial charge on any atom is 0.161 e. The van der Waals surface area contributed by atoms with Crippen molar-refractivity contribution in [2.45, 2.75) is 31.5 Å². The van der Waals surface area contributed by atoms with Gasteiger partial charge in [-0.25, -0.2) is 0 Å². The SMILES string of the molecule is COc1ccccc1O[C@@H]1C[C@@H]2CN(CCc3cccnc3)C[C@@H]2C[C@H]1O. The molecule has 0 amide bonds. The van der Waals surface area contributed by atoms with Gasteiger partial charge in [0.25, 0.3) is 0 Å². The van der Waals surface area contributed by atoms with Gasteiger partial charge in [-0.3, -0.25) is 4.98 Å². The van der Waals surface area contributed by atoms with E-state index in [4.69, 9.17) is 9.47 Å². The Hall–Kier alpha value is -2.11. The van der Waals surface area contributed by atoms with Crippen molar-refractivity contribution in [2.75, 3.05) is 26.7 Å². The third-order valence-electron chi connectivity index (χ3n) is 5.95. The van der Waals surface area contributed by atoms with Crippen LogP contribution in [-0.2, 0) is 6.42 Å². The van der Waals surface area contributed by atoms with E-state index in [-0.39, 0.29) is 6.10 Å². The molecule has 144 valence electrons. The summed E-state index contributed by atoms with van der Waals surface area (Å²) in [6.07, 6.45) is 5.91. The molecule has 1 saturated carbocycles. The van der Waals surface area contributed by atoms with E-state index < -0.39 is 6.10 Å². The lowest BCUT2D eigenvalue weighted by Crippen LogP contribution is -2.42. The normalized spacial score (nSPS) is 27.9. The van der Waals surface area contributed by atoms with Gasteiger partial charge in [0.2, 0.25) is 0 Å². The van der Waals surface area contributed by atoms with E-state index in [0.717, 1.165) is 44.6 Å². The first-order valence-electron chi connectivity index (χ1n) is 9.82. The molecule has 2 fully saturated rings. The number of ether oxygens (including phenoxy) is 2. The molecule has 0 unspecified atom stereocenters. The average Bonchev–Trinajstić information content (AvgIpc) is 3.09. The zero-order valence-electron chi connectivity index (χ0n) is 15.8.